The number of carbonyl (C=O) groups is 1. The van der Waals surface area contributed by atoms with Gasteiger partial charge >= 0.3 is 6.03 Å². The number of hydrogen-bond acceptors (Lipinski definition) is 4. The monoisotopic (exact) mass is 375 g/mol. The first-order chi connectivity index (χ1) is 12.5. The van der Waals surface area contributed by atoms with Gasteiger partial charge in [0.2, 0.25) is 10.0 Å². The summed E-state index contributed by atoms with van der Waals surface area (Å²) < 4.78 is 30.3. The van der Waals surface area contributed by atoms with Gasteiger partial charge in [-0.05, 0) is 48.4 Å². The molecule has 0 aliphatic carbocycles. The van der Waals surface area contributed by atoms with Crippen molar-refractivity contribution in [1.29, 1.82) is 0 Å². The molecule has 1 aliphatic rings. The smallest absolute Gasteiger partial charge is 0.319 e. The zero-order valence-corrected chi connectivity index (χ0v) is 15.3. The minimum Gasteiger partial charge on any atom is -0.497 e. The Morgan fingerprint density at radius 2 is 1.81 bits per heavy atom. The molecule has 1 saturated heterocycles. The molecule has 0 unspecified atom stereocenters. The van der Waals surface area contributed by atoms with E-state index in [9.17, 15) is 13.2 Å². The molecule has 1 heterocycles. The molecule has 2 aromatic carbocycles. The standard InChI is InChI=1S/C18H21N3O4S/c1-25-17-9-3-14(4-10-17)13-19-18(22)20-15-5-7-16(8-6-15)21-11-2-12-26(21,23)24/h3-10H,2,11-13H2,1H3,(H2,19,20,22). The first-order valence-electron chi connectivity index (χ1n) is 8.26. The van der Waals surface area contributed by atoms with Gasteiger partial charge in [-0.1, -0.05) is 12.1 Å². The van der Waals surface area contributed by atoms with E-state index in [1.165, 1.54) is 4.31 Å². The van der Waals surface area contributed by atoms with Gasteiger partial charge in [-0.25, -0.2) is 13.2 Å². The number of amides is 2. The highest BCUT2D eigenvalue weighted by atomic mass is 32.2. The molecule has 3 rings (SSSR count). The van der Waals surface area contributed by atoms with Gasteiger partial charge in [0.1, 0.15) is 5.75 Å². The van der Waals surface area contributed by atoms with Gasteiger partial charge in [0.15, 0.2) is 0 Å². The summed E-state index contributed by atoms with van der Waals surface area (Å²) in [7, 11) is -1.59. The molecule has 1 aliphatic heterocycles. The summed E-state index contributed by atoms with van der Waals surface area (Å²) in [6.45, 7) is 0.886. The number of methoxy groups -OCH3 is 1. The predicted octanol–water partition coefficient (Wildman–Crippen LogP) is 2.56. The van der Waals surface area contributed by atoms with E-state index < -0.39 is 10.0 Å². The van der Waals surface area contributed by atoms with Gasteiger partial charge in [-0.3, -0.25) is 4.31 Å². The van der Waals surface area contributed by atoms with Gasteiger partial charge in [0.05, 0.1) is 18.6 Å². The van der Waals surface area contributed by atoms with Crippen LogP contribution in [0.15, 0.2) is 48.5 Å². The summed E-state index contributed by atoms with van der Waals surface area (Å²) in [4.78, 5) is 12.0. The Kier molecular flexibility index (Phi) is 5.32. The SMILES string of the molecule is COc1ccc(CNC(=O)Nc2ccc(N3CCCS3(=O)=O)cc2)cc1. The summed E-state index contributed by atoms with van der Waals surface area (Å²) >= 11 is 0. The molecule has 8 heteroatoms. The summed E-state index contributed by atoms with van der Waals surface area (Å²) in [6.07, 6.45) is 0.635. The largest absolute Gasteiger partial charge is 0.497 e. The second kappa shape index (κ2) is 7.65. The summed E-state index contributed by atoms with van der Waals surface area (Å²) in [6, 6.07) is 13.9. The molecule has 138 valence electrons. The second-order valence-electron chi connectivity index (χ2n) is 5.94. The lowest BCUT2D eigenvalue weighted by molar-refractivity contribution is 0.251. The Bertz CT molecular complexity index is 864. The zero-order valence-electron chi connectivity index (χ0n) is 14.4. The van der Waals surface area contributed by atoms with E-state index in [0.717, 1.165) is 11.3 Å². The highest BCUT2D eigenvalue weighted by Gasteiger charge is 2.28. The fraction of sp³-hybridized carbons (Fsp3) is 0.278. The number of anilines is 2. The number of carbonyl (C=O) groups excluding carboxylic acids is 1. The van der Waals surface area contributed by atoms with Gasteiger partial charge in [-0.15, -0.1) is 0 Å². The fourth-order valence-corrected chi connectivity index (χ4v) is 4.31. The van der Waals surface area contributed by atoms with Crippen LogP contribution >= 0.6 is 0 Å². The van der Waals surface area contributed by atoms with Crippen molar-refractivity contribution in [1.82, 2.24) is 5.32 Å². The highest BCUT2D eigenvalue weighted by Crippen LogP contribution is 2.25. The normalized spacial score (nSPS) is 15.5. The average molecular weight is 375 g/mol. The van der Waals surface area contributed by atoms with Gasteiger partial charge in [0.25, 0.3) is 0 Å². The summed E-state index contributed by atoms with van der Waals surface area (Å²) in [5.41, 5.74) is 2.17. The number of urea groups is 1. The molecule has 7 nitrogen and oxygen atoms in total. The fourth-order valence-electron chi connectivity index (χ4n) is 2.74. The van der Waals surface area contributed by atoms with Crippen molar-refractivity contribution in [3.8, 4) is 5.75 Å². The lowest BCUT2D eigenvalue weighted by atomic mass is 10.2. The van der Waals surface area contributed by atoms with Crippen LogP contribution in [0.5, 0.6) is 5.75 Å². The van der Waals surface area contributed by atoms with Crippen molar-refractivity contribution in [2.24, 2.45) is 0 Å². The Hall–Kier alpha value is -2.74. The maximum Gasteiger partial charge on any atom is 0.319 e. The molecule has 2 aromatic rings. The maximum atomic E-state index is 12.0. The van der Waals surface area contributed by atoms with E-state index in [4.69, 9.17) is 4.74 Å². The molecule has 1 fully saturated rings. The number of ether oxygens (including phenoxy) is 1. The topological polar surface area (TPSA) is 87.7 Å². The van der Waals surface area contributed by atoms with Crippen LogP contribution in [0.4, 0.5) is 16.2 Å². The molecular weight excluding hydrogens is 354 g/mol. The third kappa shape index (κ3) is 4.26. The lowest BCUT2D eigenvalue weighted by Gasteiger charge is -2.17. The minimum atomic E-state index is -3.20. The number of benzene rings is 2. The van der Waals surface area contributed by atoms with Crippen LogP contribution in [0.2, 0.25) is 0 Å². The quantitative estimate of drug-likeness (QED) is 0.841. The van der Waals surface area contributed by atoms with Crippen molar-refractivity contribution >= 4 is 27.4 Å². The molecule has 0 saturated carbocycles. The molecule has 0 bridgehead atoms. The van der Waals surface area contributed by atoms with E-state index in [1.54, 1.807) is 31.4 Å². The van der Waals surface area contributed by atoms with Crippen LogP contribution in [0, 0.1) is 0 Å². The van der Waals surface area contributed by atoms with Crippen molar-refractivity contribution in [3.05, 3.63) is 54.1 Å². The number of rotatable bonds is 5. The molecule has 2 N–H and O–H groups in total. The van der Waals surface area contributed by atoms with Crippen LogP contribution in [0.1, 0.15) is 12.0 Å². The van der Waals surface area contributed by atoms with Gasteiger partial charge in [0, 0.05) is 18.8 Å². The Balaban J connectivity index is 1.54. The first-order valence-corrected chi connectivity index (χ1v) is 9.87. The van der Waals surface area contributed by atoms with E-state index in [0.29, 0.717) is 30.9 Å². The van der Waals surface area contributed by atoms with Gasteiger partial charge in [-0.2, -0.15) is 0 Å². The van der Waals surface area contributed by atoms with Crippen LogP contribution in [0.25, 0.3) is 0 Å². The summed E-state index contributed by atoms with van der Waals surface area (Å²) in [5.74, 6) is 0.944. The highest BCUT2D eigenvalue weighted by molar-refractivity contribution is 7.93. The third-order valence-electron chi connectivity index (χ3n) is 4.12. The van der Waals surface area contributed by atoms with E-state index in [2.05, 4.69) is 10.6 Å². The van der Waals surface area contributed by atoms with Crippen molar-refractivity contribution in [2.45, 2.75) is 13.0 Å². The molecule has 0 spiro atoms. The van der Waals surface area contributed by atoms with E-state index in [-0.39, 0.29) is 11.8 Å². The number of nitrogens with zero attached hydrogens (tertiary/aromatic N) is 1. The van der Waals surface area contributed by atoms with E-state index >= 15 is 0 Å². The molecular formula is C18H21N3O4S. The van der Waals surface area contributed by atoms with Crippen molar-refractivity contribution in [3.63, 3.8) is 0 Å². The Morgan fingerprint density at radius 1 is 1.12 bits per heavy atom. The average Bonchev–Trinajstić information content (AvgIpc) is 3.00. The molecule has 0 atom stereocenters. The van der Waals surface area contributed by atoms with Crippen LogP contribution in [-0.2, 0) is 16.6 Å². The van der Waals surface area contributed by atoms with E-state index in [1.807, 2.05) is 24.3 Å². The molecule has 2 amide bonds. The molecule has 26 heavy (non-hydrogen) atoms. The molecule has 0 aromatic heterocycles. The van der Waals surface area contributed by atoms with Gasteiger partial charge < -0.3 is 15.4 Å². The lowest BCUT2D eigenvalue weighted by Crippen LogP contribution is -2.28. The summed E-state index contributed by atoms with van der Waals surface area (Å²) in [5, 5.41) is 5.50. The first kappa shape index (κ1) is 18.1. The zero-order chi connectivity index (χ0) is 18.6. The second-order valence-corrected chi connectivity index (χ2v) is 7.96. The number of hydrogen-bond donors (Lipinski definition) is 2. The molecule has 0 radical (unpaired) electrons. The van der Waals surface area contributed by atoms with Crippen LogP contribution in [-0.4, -0.2) is 33.9 Å². The number of nitrogens with one attached hydrogen (secondary N) is 2. The Morgan fingerprint density at radius 3 is 2.38 bits per heavy atom. The predicted molar refractivity (Wildman–Crippen MR) is 101 cm³/mol. The Labute approximate surface area is 153 Å². The number of sulfonamides is 1. The third-order valence-corrected chi connectivity index (χ3v) is 5.99. The van der Waals surface area contributed by atoms with Crippen molar-refractivity contribution in [2.75, 3.05) is 29.0 Å². The van der Waals surface area contributed by atoms with Crippen LogP contribution < -0.4 is 19.7 Å². The minimum absolute atomic E-state index is 0.181. The maximum absolute atomic E-state index is 12.0. The van der Waals surface area contributed by atoms with Crippen molar-refractivity contribution < 1.29 is 17.9 Å². The van der Waals surface area contributed by atoms with Crippen LogP contribution in [0.3, 0.4) is 0 Å².